The average Bonchev–Trinajstić information content (AvgIpc) is 1.90. The van der Waals surface area contributed by atoms with E-state index >= 15 is 0 Å². The topological polar surface area (TPSA) is 0 Å². The molecule has 0 aliphatic heterocycles. The summed E-state index contributed by atoms with van der Waals surface area (Å²) < 4.78 is 0. The summed E-state index contributed by atoms with van der Waals surface area (Å²) in [5.41, 5.74) is 0. The smallest absolute Gasteiger partial charge is 0 e. The maximum Gasteiger partial charge on any atom is 0 e. The van der Waals surface area contributed by atoms with E-state index in [9.17, 15) is 0 Å². The van der Waals surface area contributed by atoms with Gasteiger partial charge in [-0.05, 0) is 0 Å². The van der Waals surface area contributed by atoms with Crippen LogP contribution >= 0.6 is 0 Å². The number of rotatable bonds is 0. The van der Waals surface area contributed by atoms with Gasteiger partial charge in [-0.15, -0.1) is 6.08 Å². The molecular formula is C7H7Y-. The van der Waals surface area contributed by atoms with E-state index in [-0.39, 0.29) is 32.7 Å². The Hall–Kier alpha value is 0.324. The van der Waals surface area contributed by atoms with Crippen molar-refractivity contribution in [3.63, 3.8) is 0 Å². The first kappa shape index (κ1) is 8.32. The summed E-state index contributed by atoms with van der Waals surface area (Å²) in [6.07, 6.45) is 14.0. The Labute approximate surface area is 75.2 Å². The second kappa shape index (κ2) is 5.46. The van der Waals surface area contributed by atoms with Crippen LogP contribution in [0.1, 0.15) is 6.42 Å². The van der Waals surface area contributed by atoms with E-state index < -0.39 is 0 Å². The monoisotopic (exact) mass is 180 g/mol. The first-order valence-electron chi connectivity index (χ1n) is 2.39. The molecule has 0 bridgehead atoms. The Balaban J connectivity index is 0.000000490. The quantitative estimate of drug-likeness (QED) is 0.499. The fourth-order valence-electron chi connectivity index (χ4n) is 0.472. The van der Waals surface area contributed by atoms with Gasteiger partial charge >= 0.3 is 0 Å². The first-order valence-corrected chi connectivity index (χ1v) is 2.39. The number of allylic oxidation sites excluding steroid dienone is 6. The largest absolute Gasteiger partial charge is 0.184 e. The first-order chi connectivity index (χ1) is 3.50. The van der Waals surface area contributed by atoms with Crippen molar-refractivity contribution in [2.75, 3.05) is 0 Å². The molecule has 0 unspecified atom stereocenters. The van der Waals surface area contributed by atoms with E-state index in [2.05, 4.69) is 18.2 Å². The maximum absolute atomic E-state index is 2.95. The fourth-order valence-corrected chi connectivity index (χ4v) is 0.472. The van der Waals surface area contributed by atoms with E-state index in [0.29, 0.717) is 0 Å². The molecule has 0 amide bonds. The van der Waals surface area contributed by atoms with Crippen LogP contribution in [0.4, 0.5) is 0 Å². The summed E-state index contributed by atoms with van der Waals surface area (Å²) in [5.74, 6) is 0. The van der Waals surface area contributed by atoms with Crippen molar-refractivity contribution >= 4 is 0 Å². The van der Waals surface area contributed by atoms with Crippen LogP contribution < -0.4 is 0 Å². The van der Waals surface area contributed by atoms with Crippen LogP contribution in [0.3, 0.4) is 0 Å². The van der Waals surface area contributed by atoms with Gasteiger partial charge in [0.25, 0.3) is 0 Å². The normalized spacial score (nSPS) is 15.0. The molecule has 0 fully saturated rings. The van der Waals surface area contributed by atoms with Gasteiger partial charge in [-0.3, -0.25) is 0 Å². The fraction of sp³-hybridized carbons (Fsp3) is 0.143. The SMILES string of the molecule is [C-]1=CC=CCC=C1.[Y]. The molecule has 0 aromatic heterocycles. The van der Waals surface area contributed by atoms with Crippen LogP contribution in [0.5, 0.6) is 0 Å². The summed E-state index contributed by atoms with van der Waals surface area (Å²) in [6.45, 7) is 0. The standard InChI is InChI=1S/C7H7.Y/c1-2-4-6-7-5-3-1;/h1-3,6-7H,4H2;/q-1;. The molecular weight excluding hydrogens is 173 g/mol. The van der Waals surface area contributed by atoms with Crippen LogP contribution in [0.25, 0.3) is 0 Å². The van der Waals surface area contributed by atoms with Crippen LogP contribution in [0.15, 0.2) is 30.4 Å². The molecule has 1 aliphatic carbocycles. The molecule has 0 atom stereocenters. The molecule has 1 radical (unpaired) electrons. The Morgan fingerprint density at radius 3 is 3.00 bits per heavy atom. The molecule has 1 heteroatoms. The van der Waals surface area contributed by atoms with Crippen molar-refractivity contribution < 1.29 is 32.7 Å². The minimum Gasteiger partial charge on any atom is -0.184 e. The van der Waals surface area contributed by atoms with Crippen molar-refractivity contribution in [3.05, 3.63) is 36.5 Å². The minimum absolute atomic E-state index is 0. The maximum atomic E-state index is 2.95. The average molecular weight is 180 g/mol. The summed E-state index contributed by atoms with van der Waals surface area (Å²) in [5, 5.41) is 0. The zero-order valence-electron chi connectivity index (χ0n) is 4.67. The van der Waals surface area contributed by atoms with Gasteiger partial charge in [0.15, 0.2) is 0 Å². The van der Waals surface area contributed by atoms with E-state index in [1.54, 1.807) is 0 Å². The van der Waals surface area contributed by atoms with Crippen LogP contribution in [0.2, 0.25) is 0 Å². The molecule has 0 N–H and O–H groups in total. The molecule has 1 rings (SSSR count). The molecule has 0 spiro atoms. The van der Waals surface area contributed by atoms with E-state index in [1.165, 1.54) is 0 Å². The second-order valence-corrected chi connectivity index (χ2v) is 1.40. The van der Waals surface area contributed by atoms with Crippen molar-refractivity contribution in [1.29, 1.82) is 0 Å². The Morgan fingerprint density at radius 2 is 2.12 bits per heavy atom. The van der Waals surface area contributed by atoms with Crippen LogP contribution in [0, 0.1) is 6.08 Å². The molecule has 0 aromatic carbocycles. The molecule has 0 saturated carbocycles. The molecule has 8 heavy (non-hydrogen) atoms. The van der Waals surface area contributed by atoms with Gasteiger partial charge in [0.1, 0.15) is 0 Å². The van der Waals surface area contributed by atoms with Gasteiger partial charge in [0, 0.05) is 32.7 Å². The number of hydrogen-bond donors (Lipinski definition) is 0. The molecule has 0 aromatic rings. The summed E-state index contributed by atoms with van der Waals surface area (Å²) in [6, 6.07) is 0. The predicted molar refractivity (Wildman–Crippen MR) is 30.7 cm³/mol. The van der Waals surface area contributed by atoms with E-state index in [1.807, 2.05) is 18.2 Å². The Morgan fingerprint density at radius 1 is 1.25 bits per heavy atom. The summed E-state index contributed by atoms with van der Waals surface area (Å²) in [4.78, 5) is 0. The Bertz CT molecular complexity index is 106. The molecule has 0 heterocycles. The zero-order chi connectivity index (χ0) is 4.95. The summed E-state index contributed by atoms with van der Waals surface area (Å²) >= 11 is 0. The third-order valence-corrected chi connectivity index (χ3v) is 0.815. The van der Waals surface area contributed by atoms with Gasteiger partial charge < -0.3 is 0 Å². The Kier molecular flexibility index (Phi) is 5.68. The summed E-state index contributed by atoms with van der Waals surface area (Å²) in [7, 11) is 0. The van der Waals surface area contributed by atoms with Gasteiger partial charge in [0.2, 0.25) is 0 Å². The van der Waals surface area contributed by atoms with Crippen molar-refractivity contribution in [2.45, 2.75) is 6.42 Å². The van der Waals surface area contributed by atoms with E-state index in [4.69, 9.17) is 0 Å². The van der Waals surface area contributed by atoms with Gasteiger partial charge in [-0.1, -0.05) is 6.42 Å². The predicted octanol–water partition coefficient (Wildman–Crippen LogP) is 1.86. The second-order valence-electron chi connectivity index (χ2n) is 1.40. The third kappa shape index (κ3) is 3.34. The van der Waals surface area contributed by atoms with Gasteiger partial charge in [-0.25, -0.2) is 0 Å². The minimum atomic E-state index is 0. The van der Waals surface area contributed by atoms with E-state index in [0.717, 1.165) is 6.42 Å². The van der Waals surface area contributed by atoms with Crippen molar-refractivity contribution in [1.82, 2.24) is 0 Å². The third-order valence-electron chi connectivity index (χ3n) is 0.815. The van der Waals surface area contributed by atoms with Gasteiger partial charge in [-0.2, -0.15) is 30.4 Å². The molecule has 1 aliphatic rings. The molecule has 0 nitrogen and oxygen atoms in total. The van der Waals surface area contributed by atoms with Crippen LogP contribution in [-0.2, 0) is 32.7 Å². The zero-order valence-corrected chi connectivity index (χ0v) is 7.51. The molecule has 0 saturated heterocycles. The van der Waals surface area contributed by atoms with Crippen LogP contribution in [-0.4, -0.2) is 0 Å². The number of hydrogen-bond acceptors (Lipinski definition) is 0. The molecule has 39 valence electrons. The van der Waals surface area contributed by atoms with Gasteiger partial charge in [0.05, 0.1) is 0 Å². The van der Waals surface area contributed by atoms with Crippen molar-refractivity contribution in [2.24, 2.45) is 0 Å². The van der Waals surface area contributed by atoms with Crippen molar-refractivity contribution in [3.8, 4) is 0 Å².